The Balaban J connectivity index is 2.58. The Morgan fingerprint density at radius 3 is 2.08 bits per heavy atom. The monoisotopic (exact) mass is 372 g/mol. The Morgan fingerprint density at radius 1 is 1.15 bits per heavy atom. The largest absolute Gasteiger partial charge is 0.481 e. The first-order valence-electron chi connectivity index (χ1n) is 7.93. The van der Waals surface area contributed by atoms with Gasteiger partial charge >= 0.3 is 5.97 Å². The van der Waals surface area contributed by atoms with E-state index in [2.05, 4.69) is 11.3 Å². The summed E-state index contributed by atoms with van der Waals surface area (Å²) in [5.74, 6) is -8.19. The summed E-state index contributed by atoms with van der Waals surface area (Å²) >= 11 is 0. The van der Waals surface area contributed by atoms with Crippen molar-refractivity contribution in [2.45, 2.75) is 26.9 Å². The summed E-state index contributed by atoms with van der Waals surface area (Å²) in [5.41, 5.74) is -4.23. The molecule has 1 N–H and O–H groups in total. The molecule has 1 aromatic rings. The van der Waals surface area contributed by atoms with Crippen LogP contribution in [0, 0.1) is 40.0 Å². The molecule has 1 fully saturated rings. The van der Waals surface area contributed by atoms with Crippen molar-refractivity contribution in [3.8, 4) is 0 Å². The van der Waals surface area contributed by atoms with Crippen LogP contribution in [0.4, 0.5) is 17.6 Å². The smallest absolute Gasteiger partial charge is 0.311 e. The number of ether oxygens (including phenoxy) is 1. The van der Waals surface area contributed by atoms with Gasteiger partial charge in [0.1, 0.15) is 0 Å². The maximum atomic E-state index is 14.4. The van der Waals surface area contributed by atoms with Crippen molar-refractivity contribution in [3.63, 3.8) is 0 Å². The lowest BCUT2D eigenvalue weighted by molar-refractivity contribution is -0.145. The van der Waals surface area contributed by atoms with Crippen LogP contribution in [-0.4, -0.2) is 18.2 Å². The number of hydrogen-bond donors (Lipinski definition) is 1. The van der Waals surface area contributed by atoms with Gasteiger partial charge in [-0.15, -0.1) is 0 Å². The number of carboxylic acids is 1. The molecule has 0 amide bonds. The maximum absolute atomic E-state index is 14.4. The lowest BCUT2D eigenvalue weighted by Crippen LogP contribution is -2.26. The fourth-order valence-corrected chi connectivity index (χ4v) is 3.74. The first kappa shape index (κ1) is 20.2. The normalized spacial score (nSPS) is 24.0. The lowest BCUT2D eigenvalue weighted by Gasteiger charge is -2.18. The molecule has 1 aromatic carbocycles. The summed E-state index contributed by atoms with van der Waals surface area (Å²) in [6.45, 7) is 6.10. The Kier molecular flexibility index (Phi) is 5.33. The fourth-order valence-electron chi connectivity index (χ4n) is 3.74. The van der Waals surface area contributed by atoms with Crippen LogP contribution in [0.3, 0.4) is 0 Å². The van der Waals surface area contributed by atoms with E-state index in [-0.39, 0.29) is 0 Å². The van der Waals surface area contributed by atoms with Gasteiger partial charge in [0.25, 0.3) is 0 Å². The molecule has 0 radical (unpaired) electrons. The summed E-state index contributed by atoms with van der Waals surface area (Å²) in [7, 11) is 1.13. The quantitative estimate of drug-likeness (QED) is 0.438. The molecule has 26 heavy (non-hydrogen) atoms. The summed E-state index contributed by atoms with van der Waals surface area (Å²) in [6, 6.07) is 0. The average molecular weight is 372 g/mol. The minimum atomic E-state index is -1.59. The minimum absolute atomic E-state index is 0.575. The van der Waals surface area contributed by atoms with Gasteiger partial charge in [0.2, 0.25) is 0 Å². The third kappa shape index (κ3) is 2.74. The highest BCUT2D eigenvalue weighted by atomic mass is 19.2. The van der Waals surface area contributed by atoms with Gasteiger partial charge in [-0.25, -0.2) is 17.6 Å². The van der Waals surface area contributed by atoms with E-state index in [0.29, 0.717) is 0 Å². The zero-order chi connectivity index (χ0) is 19.9. The molecule has 1 aliphatic rings. The topological polar surface area (TPSA) is 46.5 Å². The van der Waals surface area contributed by atoms with E-state index in [1.807, 2.05) is 0 Å². The molecule has 0 saturated heterocycles. The van der Waals surface area contributed by atoms with Crippen LogP contribution < -0.4 is 0 Å². The zero-order valence-electron chi connectivity index (χ0n) is 14.7. The highest BCUT2D eigenvalue weighted by molar-refractivity contribution is 5.82. The lowest BCUT2D eigenvalue weighted by atomic mass is 9.87. The molecule has 7 heteroatoms. The van der Waals surface area contributed by atoms with Gasteiger partial charge in [-0.3, -0.25) is 4.79 Å². The standard InChI is InChI=1S/C19H20F4O3/c1-5-6-7-12-18(2,3)19(12,17(24)25)8-10-13(20)15(22)11(9-26-4)16(23)14(10)21/h5-7,12H,1,8-9H2,2-4H3,(H,24,25)/t12-,19+/m1/s1. The molecule has 1 aliphatic carbocycles. The van der Waals surface area contributed by atoms with Gasteiger partial charge in [0, 0.05) is 18.6 Å². The van der Waals surface area contributed by atoms with Crippen molar-refractivity contribution in [2.75, 3.05) is 7.11 Å². The fraction of sp³-hybridized carbons (Fsp3) is 0.421. The summed E-state index contributed by atoms with van der Waals surface area (Å²) in [6.07, 6.45) is 3.87. The molecular weight excluding hydrogens is 352 g/mol. The summed E-state index contributed by atoms with van der Waals surface area (Å²) in [4.78, 5) is 11.9. The molecule has 0 bridgehead atoms. The van der Waals surface area contributed by atoms with Gasteiger partial charge in [-0.2, -0.15) is 0 Å². The molecule has 0 heterocycles. The highest BCUT2D eigenvalue weighted by Gasteiger charge is 2.74. The van der Waals surface area contributed by atoms with Gasteiger partial charge in [0.15, 0.2) is 23.3 Å². The number of allylic oxidation sites excluding steroid dienone is 3. The highest BCUT2D eigenvalue weighted by Crippen LogP contribution is 2.71. The van der Waals surface area contributed by atoms with Crippen LogP contribution in [0.15, 0.2) is 24.8 Å². The van der Waals surface area contributed by atoms with Gasteiger partial charge in [-0.1, -0.05) is 38.7 Å². The van der Waals surface area contributed by atoms with Crippen molar-refractivity contribution >= 4 is 5.97 Å². The minimum Gasteiger partial charge on any atom is -0.481 e. The van der Waals surface area contributed by atoms with Gasteiger partial charge in [0.05, 0.1) is 17.6 Å². The predicted molar refractivity (Wildman–Crippen MR) is 87.4 cm³/mol. The number of benzene rings is 1. The molecular formula is C19H20F4O3. The van der Waals surface area contributed by atoms with Gasteiger partial charge < -0.3 is 9.84 Å². The SMILES string of the molecule is C=CC=C[C@@H]1C(C)(C)[C@]1(Cc1c(F)c(F)c(COC)c(F)c1F)C(=O)O. The summed E-state index contributed by atoms with van der Waals surface area (Å²) in [5, 5.41) is 9.72. The van der Waals surface area contributed by atoms with E-state index in [1.54, 1.807) is 19.9 Å². The number of rotatable bonds is 7. The third-order valence-corrected chi connectivity index (χ3v) is 5.39. The molecule has 142 valence electrons. The Hall–Kier alpha value is -2.15. The van der Waals surface area contributed by atoms with E-state index < -0.39 is 70.1 Å². The van der Waals surface area contributed by atoms with Crippen LogP contribution in [0.2, 0.25) is 0 Å². The number of carbonyl (C=O) groups is 1. The molecule has 3 nitrogen and oxygen atoms in total. The van der Waals surface area contributed by atoms with Crippen LogP contribution in [0.25, 0.3) is 0 Å². The molecule has 0 unspecified atom stereocenters. The van der Waals surface area contributed by atoms with E-state index >= 15 is 0 Å². The van der Waals surface area contributed by atoms with Crippen molar-refractivity contribution in [1.29, 1.82) is 0 Å². The number of carboxylic acid groups (broad SMARTS) is 1. The van der Waals surface area contributed by atoms with E-state index in [0.717, 1.165) is 7.11 Å². The number of halogens is 4. The molecule has 1 saturated carbocycles. The van der Waals surface area contributed by atoms with Crippen molar-refractivity contribution in [3.05, 3.63) is 59.2 Å². The summed E-state index contributed by atoms with van der Waals surface area (Å²) < 4.78 is 61.7. The van der Waals surface area contributed by atoms with Crippen molar-refractivity contribution in [2.24, 2.45) is 16.7 Å². The Morgan fingerprint density at radius 2 is 1.65 bits per heavy atom. The number of hydrogen-bond acceptors (Lipinski definition) is 2. The molecule has 0 spiro atoms. The van der Waals surface area contributed by atoms with Crippen LogP contribution in [0.5, 0.6) is 0 Å². The van der Waals surface area contributed by atoms with Crippen molar-refractivity contribution < 1.29 is 32.2 Å². The van der Waals surface area contributed by atoms with E-state index in [9.17, 15) is 27.5 Å². The first-order valence-corrected chi connectivity index (χ1v) is 7.93. The average Bonchev–Trinajstić information content (AvgIpc) is 3.06. The van der Waals surface area contributed by atoms with E-state index in [1.165, 1.54) is 12.2 Å². The van der Waals surface area contributed by atoms with Crippen LogP contribution >= 0.6 is 0 Å². The maximum Gasteiger partial charge on any atom is 0.311 e. The first-order chi connectivity index (χ1) is 12.1. The second-order valence-electron chi connectivity index (χ2n) is 6.92. The van der Waals surface area contributed by atoms with Gasteiger partial charge in [-0.05, 0) is 11.8 Å². The number of methoxy groups -OCH3 is 1. The Bertz CT molecular complexity index is 756. The molecule has 0 aliphatic heterocycles. The number of aliphatic carboxylic acids is 1. The van der Waals surface area contributed by atoms with Crippen LogP contribution in [0.1, 0.15) is 25.0 Å². The molecule has 0 aromatic heterocycles. The zero-order valence-corrected chi connectivity index (χ0v) is 14.7. The second-order valence-corrected chi connectivity index (χ2v) is 6.92. The second kappa shape index (κ2) is 6.87. The molecule has 2 atom stereocenters. The van der Waals surface area contributed by atoms with E-state index in [4.69, 9.17) is 0 Å². The van der Waals surface area contributed by atoms with Crippen molar-refractivity contribution in [1.82, 2.24) is 0 Å². The predicted octanol–water partition coefficient (Wildman–Crippen LogP) is 4.40. The third-order valence-electron chi connectivity index (χ3n) is 5.39. The Labute approximate surface area is 149 Å². The van der Waals surface area contributed by atoms with Crippen LogP contribution in [-0.2, 0) is 22.6 Å². The molecule has 2 rings (SSSR count).